The van der Waals surface area contributed by atoms with E-state index < -0.39 is 10.0 Å². The zero-order chi connectivity index (χ0) is 15.3. The lowest BCUT2D eigenvalue weighted by molar-refractivity contribution is 0.135. The highest BCUT2D eigenvalue weighted by molar-refractivity contribution is 7.89. The lowest BCUT2D eigenvalue weighted by Crippen LogP contribution is -2.42. The van der Waals surface area contributed by atoms with Crippen molar-refractivity contribution >= 4 is 10.0 Å². The van der Waals surface area contributed by atoms with Crippen LogP contribution in [-0.2, 0) is 10.0 Å². The number of benzene rings is 1. The summed E-state index contributed by atoms with van der Waals surface area (Å²) in [5, 5.41) is 0. The van der Waals surface area contributed by atoms with Crippen molar-refractivity contribution in [3.05, 3.63) is 30.1 Å². The van der Waals surface area contributed by atoms with Gasteiger partial charge in [0.1, 0.15) is 17.7 Å². The Kier molecular flexibility index (Phi) is 5.58. The molecule has 21 heavy (non-hydrogen) atoms. The average Bonchev–Trinajstić information content (AvgIpc) is 2.48. The van der Waals surface area contributed by atoms with Crippen molar-refractivity contribution in [1.29, 1.82) is 0 Å². The fourth-order valence-electron chi connectivity index (χ4n) is 2.39. The van der Waals surface area contributed by atoms with Crippen molar-refractivity contribution in [2.45, 2.75) is 38.7 Å². The SMILES string of the molecule is CCCCS(=O)(=O)N1CCC(Oc2ccc(F)cc2)CC1. The Balaban J connectivity index is 1.84. The van der Waals surface area contributed by atoms with Crippen LogP contribution >= 0.6 is 0 Å². The van der Waals surface area contributed by atoms with Gasteiger partial charge in [-0.05, 0) is 43.5 Å². The van der Waals surface area contributed by atoms with Crippen LogP contribution in [0.1, 0.15) is 32.6 Å². The number of unbranched alkanes of at least 4 members (excludes halogenated alkanes) is 1. The summed E-state index contributed by atoms with van der Waals surface area (Å²) in [6.45, 7) is 2.98. The van der Waals surface area contributed by atoms with Crippen molar-refractivity contribution < 1.29 is 17.5 Å². The number of ether oxygens (including phenoxy) is 1. The zero-order valence-electron chi connectivity index (χ0n) is 12.3. The van der Waals surface area contributed by atoms with Crippen LogP contribution < -0.4 is 4.74 Å². The molecule has 0 saturated carbocycles. The topological polar surface area (TPSA) is 46.6 Å². The van der Waals surface area contributed by atoms with E-state index in [0.29, 0.717) is 38.1 Å². The van der Waals surface area contributed by atoms with Crippen molar-refractivity contribution in [2.75, 3.05) is 18.8 Å². The summed E-state index contributed by atoms with van der Waals surface area (Å²) in [4.78, 5) is 0. The Morgan fingerprint density at radius 3 is 2.43 bits per heavy atom. The summed E-state index contributed by atoms with van der Waals surface area (Å²) < 4.78 is 44.3. The Bertz CT molecular complexity index is 537. The Hall–Kier alpha value is -1.14. The van der Waals surface area contributed by atoms with Gasteiger partial charge in [0.05, 0.1) is 5.75 Å². The quantitative estimate of drug-likeness (QED) is 0.811. The van der Waals surface area contributed by atoms with E-state index in [1.54, 1.807) is 16.4 Å². The van der Waals surface area contributed by atoms with Gasteiger partial charge in [-0.2, -0.15) is 0 Å². The number of rotatable bonds is 6. The fraction of sp³-hybridized carbons (Fsp3) is 0.600. The molecule has 118 valence electrons. The third-order valence-corrected chi connectivity index (χ3v) is 5.62. The second-order valence-electron chi connectivity index (χ2n) is 5.34. The lowest BCUT2D eigenvalue weighted by Gasteiger charge is -2.31. The van der Waals surface area contributed by atoms with Gasteiger partial charge in [0.25, 0.3) is 0 Å². The maximum absolute atomic E-state index is 12.8. The standard InChI is InChI=1S/C15H22FNO3S/c1-2-3-12-21(18,19)17-10-8-15(9-11-17)20-14-6-4-13(16)5-7-14/h4-7,15H,2-3,8-12H2,1H3. The molecule has 1 aliphatic rings. The van der Waals surface area contributed by atoms with Gasteiger partial charge in [-0.3, -0.25) is 0 Å². The first-order valence-electron chi connectivity index (χ1n) is 7.41. The number of sulfonamides is 1. The van der Waals surface area contributed by atoms with Crippen molar-refractivity contribution in [3.8, 4) is 5.75 Å². The van der Waals surface area contributed by atoms with Gasteiger partial charge in [-0.25, -0.2) is 17.1 Å². The molecule has 0 aromatic heterocycles. The maximum Gasteiger partial charge on any atom is 0.214 e. The Morgan fingerprint density at radius 1 is 1.24 bits per heavy atom. The van der Waals surface area contributed by atoms with E-state index in [0.717, 1.165) is 6.42 Å². The number of piperidine rings is 1. The molecule has 0 spiro atoms. The molecule has 2 rings (SSSR count). The van der Waals surface area contributed by atoms with Crippen LogP contribution in [0.4, 0.5) is 4.39 Å². The van der Waals surface area contributed by atoms with Gasteiger partial charge >= 0.3 is 0 Å². The predicted molar refractivity (Wildman–Crippen MR) is 80.3 cm³/mol. The minimum atomic E-state index is -3.12. The molecule has 0 N–H and O–H groups in total. The molecule has 0 amide bonds. The molecular weight excluding hydrogens is 293 g/mol. The molecule has 0 aliphatic carbocycles. The molecule has 1 fully saturated rings. The molecule has 1 heterocycles. The molecule has 1 saturated heterocycles. The summed E-state index contributed by atoms with van der Waals surface area (Å²) in [6, 6.07) is 5.92. The van der Waals surface area contributed by atoms with E-state index in [4.69, 9.17) is 4.74 Å². The molecule has 1 aromatic carbocycles. The van der Waals surface area contributed by atoms with Gasteiger partial charge in [-0.15, -0.1) is 0 Å². The molecule has 6 heteroatoms. The largest absolute Gasteiger partial charge is 0.490 e. The van der Waals surface area contributed by atoms with Crippen molar-refractivity contribution in [1.82, 2.24) is 4.31 Å². The number of nitrogens with zero attached hydrogens (tertiary/aromatic N) is 1. The molecule has 0 unspecified atom stereocenters. The van der Waals surface area contributed by atoms with Crippen LogP contribution in [0, 0.1) is 5.82 Å². The Morgan fingerprint density at radius 2 is 1.86 bits per heavy atom. The summed E-state index contributed by atoms with van der Waals surface area (Å²) >= 11 is 0. The van der Waals surface area contributed by atoms with E-state index in [-0.39, 0.29) is 17.7 Å². The van der Waals surface area contributed by atoms with Crippen LogP contribution in [0.5, 0.6) is 5.75 Å². The third-order valence-electron chi connectivity index (χ3n) is 3.67. The Labute approximate surface area is 126 Å². The molecule has 0 radical (unpaired) electrons. The first-order valence-corrected chi connectivity index (χ1v) is 9.02. The molecular formula is C15H22FNO3S. The maximum atomic E-state index is 12.8. The first kappa shape index (κ1) is 16.2. The second kappa shape index (κ2) is 7.22. The summed E-state index contributed by atoms with van der Waals surface area (Å²) in [7, 11) is -3.12. The zero-order valence-corrected chi connectivity index (χ0v) is 13.1. The minimum absolute atomic E-state index is 0.00640. The van der Waals surface area contributed by atoms with Crippen LogP contribution in [0.2, 0.25) is 0 Å². The first-order chi connectivity index (χ1) is 10.0. The van der Waals surface area contributed by atoms with E-state index in [1.165, 1.54) is 12.1 Å². The second-order valence-corrected chi connectivity index (χ2v) is 7.43. The number of hydrogen-bond acceptors (Lipinski definition) is 3. The molecule has 0 atom stereocenters. The predicted octanol–water partition coefficient (Wildman–Crippen LogP) is 2.80. The average molecular weight is 315 g/mol. The highest BCUT2D eigenvalue weighted by atomic mass is 32.2. The van der Waals surface area contributed by atoms with Gasteiger partial charge in [0, 0.05) is 13.1 Å². The van der Waals surface area contributed by atoms with Crippen molar-refractivity contribution in [3.63, 3.8) is 0 Å². The lowest BCUT2D eigenvalue weighted by atomic mass is 10.1. The van der Waals surface area contributed by atoms with Gasteiger partial charge in [0.15, 0.2) is 0 Å². The molecule has 0 bridgehead atoms. The summed E-state index contributed by atoms with van der Waals surface area (Å²) in [5.74, 6) is 0.565. The number of hydrogen-bond donors (Lipinski definition) is 0. The normalized spacial score (nSPS) is 17.8. The third kappa shape index (κ3) is 4.68. The highest BCUT2D eigenvalue weighted by Gasteiger charge is 2.28. The van der Waals surface area contributed by atoms with E-state index in [9.17, 15) is 12.8 Å². The van der Waals surface area contributed by atoms with Crippen LogP contribution in [0.25, 0.3) is 0 Å². The van der Waals surface area contributed by atoms with Crippen molar-refractivity contribution in [2.24, 2.45) is 0 Å². The monoisotopic (exact) mass is 315 g/mol. The van der Waals surface area contributed by atoms with Crippen LogP contribution in [-0.4, -0.2) is 37.7 Å². The van der Waals surface area contributed by atoms with Gasteiger partial charge < -0.3 is 4.74 Å². The summed E-state index contributed by atoms with van der Waals surface area (Å²) in [6.07, 6.45) is 2.91. The smallest absolute Gasteiger partial charge is 0.214 e. The van der Waals surface area contributed by atoms with Crippen LogP contribution in [0.3, 0.4) is 0 Å². The van der Waals surface area contributed by atoms with Gasteiger partial charge in [0.2, 0.25) is 10.0 Å². The van der Waals surface area contributed by atoms with Crippen LogP contribution in [0.15, 0.2) is 24.3 Å². The summed E-state index contributed by atoms with van der Waals surface area (Å²) in [5.41, 5.74) is 0. The van der Waals surface area contributed by atoms with Gasteiger partial charge in [-0.1, -0.05) is 13.3 Å². The highest BCUT2D eigenvalue weighted by Crippen LogP contribution is 2.21. The molecule has 4 nitrogen and oxygen atoms in total. The van der Waals surface area contributed by atoms with E-state index in [2.05, 4.69) is 0 Å². The van der Waals surface area contributed by atoms with E-state index >= 15 is 0 Å². The van der Waals surface area contributed by atoms with E-state index in [1.807, 2.05) is 6.92 Å². The minimum Gasteiger partial charge on any atom is -0.490 e. The molecule has 1 aromatic rings. The molecule has 1 aliphatic heterocycles. The number of halogens is 1. The fourth-order valence-corrected chi connectivity index (χ4v) is 4.07.